The number of likely N-dealkylation sites (tertiary alicyclic amines) is 1. The fourth-order valence-electron chi connectivity index (χ4n) is 3.25. The number of piperidine rings is 1. The van der Waals surface area contributed by atoms with E-state index in [0.717, 1.165) is 27.9 Å². The lowest BCUT2D eigenvalue weighted by molar-refractivity contribution is -0.124. The van der Waals surface area contributed by atoms with E-state index < -0.39 is 6.10 Å². The monoisotopic (exact) mass is 436 g/mol. The number of benzene rings is 1. The molecule has 0 aliphatic carbocycles. The van der Waals surface area contributed by atoms with Crippen LogP contribution in [-0.2, 0) is 22.6 Å². The summed E-state index contributed by atoms with van der Waals surface area (Å²) in [6, 6.07) is 7.47. The first kappa shape index (κ1) is 23.7. The second-order valence-corrected chi connectivity index (χ2v) is 8.20. The Labute approximate surface area is 179 Å². The number of aryl methyl sites for hydroxylation is 2. The lowest BCUT2D eigenvalue weighted by Crippen LogP contribution is -2.54. The summed E-state index contributed by atoms with van der Waals surface area (Å²) < 4.78 is 5.21. The molecule has 2 aromatic rings. The molecule has 2 atom stereocenters. The molecule has 0 radical (unpaired) electrons. The minimum absolute atomic E-state index is 0.0459. The Bertz CT molecular complexity index is 816. The molecular weight excluding hydrogens is 408 g/mol. The van der Waals surface area contributed by atoms with Gasteiger partial charge in [-0.1, -0.05) is 12.1 Å². The van der Waals surface area contributed by atoms with Crippen LogP contribution in [0.25, 0.3) is 0 Å². The quantitative estimate of drug-likeness (QED) is 0.554. The molecule has 1 aliphatic heterocycles. The fourth-order valence-corrected chi connectivity index (χ4v) is 4.00. The number of carboxylic acid groups (broad SMARTS) is 1. The van der Waals surface area contributed by atoms with Gasteiger partial charge in [0.05, 0.1) is 25.8 Å². The average Bonchev–Trinajstić information content (AvgIpc) is 3.14. The van der Waals surface area contributed by atoms with Crippen molar-refractivity contribution in [3.05, 3.63) is 39.8 Å². The maximum absolute atomic E-state index is 12.4. The van der Waals surface area contributed by atoms with Crippen LogP contribution in [0.15, 0.2) is 24.3 Å². The topological polar surface area (TPSA) is 125 Å². The van der Waals surface area contributed by atoms with Crippen LogP contribution in [0.1, 0.15) is 28.4 Å². The number of aliphatic hydroxyl groups excluding tert-OH is 1. The number of aliphatic hydroxyl groups is 1. The third-order valence-electron chi connectivity index (χ3n) is 4.71. The van der Waals surface area contributed by atoms with Gasteiger partial charge in [0.2, 0.25) is 5.91 Å². The highest BCUT2D eigenvalue weighted by Gasteiger charge is 2.29. The lowest BCUT2D eigenvalue weighted by atomic mass is 10.0. The van der Waals surface area contributed by atoms with E-state index in [4.69, 9.17) is 14.6 Å². The third kappa shape index (κ3) is 7.69. The van der Waals surface area contributed by atoms with Gasteiger partial charge in [-0.15, -0.1) is 21.5 Å². The first-order chi connectivity index (χ1) is 14.4. The van der Waals surface area contributed by atoms with E-state index in [1.807, 2.05) is 31.2 Å². The molecule has 1 saturated heterocycles. The van der Waals surface area contributed by atoms with Crippen LogP contribution >= 0.6 is 11.3 Å². The Balaban J connectivity index is 0.00000101. The normalized spacial score (nSPS) is 18.8. The minimum atomic E-state index is -0.516. The molecule has 0 unspecified atom stereocenters. The van der Waals surface area contributed by atoms with E-state index in [9.17, 15) is 9.90 Å². The molecule has 3 N–H and O–H groups in total. The van der Waals surface area contributed by atoms with Gasteiger partial charge >= 0.3 is 0 Å². The molecule has 0 spiro atoms. The van der Waals surface area contributed by atoms with Crippen molar-refractivity contribution in [3.8, 4) is 5.75 Å². The zero-order valence-corrected chi connectivity index (χ0v) is 18.0. The van der Waals surface area contributed by atoms with Gasteiger partial charge < -0.3 is 20.3 Å². The van der Waals surface area contributed by atoms with Gasteiger partial charge in [0, 0.05) is 19.5 Å². The van der Waals surface area contributed by atoms with Crippen molar-refractivity contribution in [1.82, 2.24) is 20.4 Å². The van der Waals surface area contributed by atoms with E-state index in [0.29, 0.717) is 32.4 Å². The number of carbonyl (C=O) groups excluding carboxylic acids is 1. The first-order valence-corrected chi connectivity index (χ1v) is 10.5. The summed E-state index contributed by atoms with van der Waals surface area (Å²) >= 11 is 1.58. The Morgan fingerprint density at radius 3 is 2.87 bits per heavy atom. The minimum Gasteiger partial charge on any atom is -0.497 e. The summed E-state index contributed by atoms with van der Waals surface area (Å²) in [4.78, 5) is 22.9. The average molecular weight is 437 g/mol. The zero-order chi connectivity index (χ0) is 21.9. The Morgan fingerprint density at radius 2 is 2.20 bits per heavy atom. The van der Waals surface area contributed by atoms with Crippen LogP contribution in [0.2, 0.25) is 0 Å². The number of methoxy groups -OCH3 is 1. The highest BCUT2D eigenvalue weighted by atomic mass is 32.1. The Kier molecular flexibility index (Phi) is 9.65. The standard InChI is InChI=1S/C19H26N4O3S.CH2O2/c1-13-21-22-19(27-13)12-23-9-8-17(24)16(11-23)20-18(25)7-6-14-4-3-5-15(10-14)26-2;2-1-3/h3-5,10,16-17,24H,6-9,11-12H2,1-2H3,(H,20,25);1H,(H,2,3)/t16-,17-;/m1./s1. The third-order valence-corrected chi connectivity index (χ3v) is 5.53. The van der Waals surface area contributed by atoms with Crippen LogP contribution in [0, 0.1) is 6.92 Å². The maximum atomic E-state index is 12.4. The van der Waals surface area contributed by atoms with Gasteiger partial charge in [0.1, 0.15) is 15.8 Å². The predicted octanol–water partition coefficient (Wildman–Crippen LogP) is 1.24. The number of hydrogen-bond donors (Lipinski definition) is 3. The van der Waals surface area contributed by atoms with Crippen molar-refractivity contribution < 1.29 is 24.5 Å². The molecule has 10 heteroatoms. The summed E-state index contributed by atoms with van der Waals surface area (Å²) in [6.07, 6.45) is 1.14. The molecule has 1 aliphatic rings. The second kappa shape index (κ2) is 12.2. The Hall–Kier alpha value is -2.56. The maximum Gasteiger partial charge on any atom is 0.290 e. The van der Waals surface area contributed by atoms with Crippen molar-refractivity contribution >= 4 is 23.7 Å². The van der Waals surface area contributed by atoms with Crippen LogP contribution in [-0.4, -0.2) is 70.0 Å². The van der Waals surface area contributed by atoms with Gasteiger partial charge in [-0.3, -0.25) is 14.5 Å². The zero-order valence-electron chi connectivity index (χ0n) is 17.2. The fraction of sp³-hybridized carbons (Fsp3) is 0.500. The summed E-state index contributed by atoms with van der Waals surface area (Å²) in [7, 11) is 1.63. The van der Waals surface area contributed by atoms with Gasteiger partial charge in [-0.2, -0.15) is 0 Å². The van der Waals surface area contributed by atoms with Crippen molar-refractivity contribution in [2.45, 2.75) is 44.9 Å². The van der Waals surface area contributed by atoms with E-state index in [1.165, 1.54) is 0 Å². The van der Waals surface area contributed by atoms with Crippen LogP contribution in [0.5, 0.6) is 5.75 Å². The Morgan fingerprint density at radius 1 is 1.43 bits per heavy atom. The molecular formula is C20H28N4O5S. The SMILES string of the molecule is COc1cccc(CCC(=O)N[C@@H]2CN(Cc3nnc(C)s3)CC[C@H]2O)c1.O=CO. The highest BCUT2D eigenvalue weighted by Crippen LogP contribution is 2.17. The number of aromatic nitrogens is 2. The van der Waals surface area contributed by atoms with Gasteiger partial charge in [0.25, 0.3) is 6.47 Å². The summed E-state index contributed by atoms with van der Waals surface area (Å²) in [5.74, 6) is 0.744. The molecule has 9 nitrogen and oxygen atoms in total. The molecule has 3 rings (SSSR count). The predicted molar refractivity (Wildman–Crippen MR) is 112 cm³/mol. The molecule has 30 heavy (non-hydrogen) atoms. The van der Waals surface area contributed by atoms with E-state index in [-0.39, 0.29) is 18.4 Å². The molecule has 1 amide bonds. The molecule has 0 saturated carbocycles. The van der Waals surface area contributed by atoms with Crippen molar-refractivity contribution in [2.24, 2.45) is 0 Å². The van der Waals surface area contributed by atoms with Crippen molar-refractivity contribution in [2.75, 3.05) is 20.2 Å². The molecule has 164 valence electrons. The number of hydrogen-bond acceptors (Lipinski definition) is 8. The number of rotatable bonds is 7. The molecule has 2 heterocycles. The highest BCUT2D eigenvalue weighted by molar-refractivity contribution is 7.11. The van der Waals surface area contributed by atoms with Gasteiger partial charge in [-0.05, 0) is 37.5 Å². The van der Waals surface area contributed by atoms with Gasteiger partial charge in [0.15, 0.2) is 0 Å². The van der Waals surface area contributed by atoms with Crippen molar-refractivity contribution in [1.29, 1.82) is 0 Å². The number of carbonyl (C=O) groups is 2. The number of nitrogens with one attached hydrogen (secondary N) is 1. The van der Waals surface area contributed by atoms with Crippen LogP contribution in [0.4, 0.5) is 0 Å². The van der Waals surface area contributed by atoms with Crippen LogP contribution in [0.3, 0.4) is 0 Å². The summed E-state index contributed by atoms with van der Waals surface area (Å²) in [5.41, 5.74) is 1.06. The van der Waals surface area contributed by atoms with E-state index in [2.05, 4.69) is 20.4 Å². The second-order valence-electron chi connectivity index (χ2n) is 6.94. The van der Waals surface area contributed by atoms with Crippen LogP contribution < -0.4 is 10.1 Å². The van der Waals surface area contributed by atoms with E-state index in [1.54, 1.807) is 18.4 Å². The number of amides is 1. The molecule has 1 aromatic carbocycles. The summed E-state index contributed by atoms with van der Waals surface area (Å²) in [6.45, 7) is 3.79. The summed E-state index contributed by atoms with van der Waals surface area (Å²) in [5, 5.41) is 30.3. The molecule has 1 aromatic heterocycles. The van der Waals surface area contributed by atoms with Crippen molar-refractivity contribution in [3.63, 3.8) is 0 Å². The lowest BCUT2D eigenvalue weighted by Gasteiger charge is -2.36. The largest absolute Gasteiger partial charge is 0.497 e. The number of ether oxygens (including phenoxy) is 1. The smallest absolute Gasteiger partial charge is 0.290 e. The molecule has 0 bridgehead atoms. The van der Waals surface area contributed by atoms with Gasteiger partial charge in [-0.25, -0.2) is 0 Å². The first-order valence-electron chi connectivity index (χ1n) is 9.64. The molecule has 1 fully saturated rings. The van der Waals surface area contributed by atoms with E-state index >= 15 is 0 Å². The number of nitrogens with zero attached hydrogens (tertiary/aromatic N) is 3.